The Kier molecular flexibility index (Phi) is 22.1. The fourth-order valence-electron chi connectivity index (χ4n) is 17.7. The van der Waals surface area contributed by atoms with Crippen molar-refractivity contribution in [2.45, 2.75) is 285 Å². The third-order valence-electron chi connectivity index (χ3n) is 23.0. The number of aliphatic hydroxyl groups is 18. The zero-order valence-corrected chi connectivity index (χ0v) is 51.5. The molecule has 0 spiro atoms. The van der Waals surface area contributed by atoms with Gasteiger partial charge in [0.25, 0.3) is 0 Å². The lowest BCUT2D eigenvalue weighted by Crippen LogP contribution is -2.68. The Morgan fingerprint density at radius 3 is 1.47 bits per heavy atom. The lowest BCUT2D eigenvalue weighted by Gasteiger charge is -2.71. The van der Waals surface area contributed by atoms with E-state index >= 15 is 0 Å². The van der Waals surface area contributed by atoms with Crippen LogP contribution in [0.25, 0.3) is 0 Å². The van der Waals surface area contributed by atoms with Crippen LogP contribution in [0.2, 0.25) is 0 Å². The van der Waals surface area contributed by atoms with Crippen LogP contribution in [0.3, 0.4) is 0 Å². The number of fused-ring (bicyclic) bond motifs is 5. The summed E-state index contributed by atoms with van der Waals surface area (Å²) in [6, 6.07) is 0. The lowest BCUT2D eigenvalue weighted by molar-refractivity contribution is -0.379. The van der Waals surface area contributed by atoms with Gasteiger partial charge in [-0.3, -0.25) is 0 Å². The minimum atomic E-state index is -1.95. The van der Waals surface area contributed by atoms with E-state index < -0.39 is 215 Å². The maximum Gasteiger partial charge on any atom is 0.187 e. The molecule has 0 aromatic carbocycles. The molecule has 5 aliphatic heterocycles. The highest BCUT2D eigenvalue weighted by Gasteiger charge is 2.72. The van der Waals surface area contributed by atoms with Crippen molar-refractivity contribution in [2.24, 2.45) is 45.3 Å². The molecular weight excluding hydrogens is 1170 g/mol. The molecule has 28 heteroatoms. The first-order valence-corrected chi connectivity index (χ1v) is 31.4. The lowest BCUT2D eigenvalue weighted by atomic mass is 9.35. The van der Waals surface area contributed by atoms with Gasteiger partial charge in [-0.15, -0.1) is 0 Å². The minimum absolute atomic E-state index is 0.0147. The summed E-state index contributed by atoms with van der Waals surface area (Å²) in [5.74, 6) is -0.799. The first-order valence-electron chi connectivity index (χ1n) is 31.4. The van der Waals surface area contributed by atoms with Gasteiger partial charge in [0, 0.05) is 0 Å². The van der Waals surface area contributed by atoms with Crippen LogP contribution in [-0.2, 0) is 47.4 Å². The normalized spacial score (nSPS) is 52.9. The fourth-order valence-corrected chi connectivity index (χ4v) is 17.7. The standard InChI is InChI=1S/C60H102O28/c1-24(2)10-9-14-60(8,88-54-48(78)44(74)49(86-52-46(76)41(71)37(67)28(20-62)81-52)31(84-54)23-79-51-45(75)40(70)36(66)27(19-61)80-51)25-11-16-59(7)35(25)26(65)18-33-57(5)15-13-34(56(3,4)32(57)12-17-58(33,59)6)85-55-50(43(73)39(69)30(22-64)83-55)87-53-47(77)42(72)38(68)29(21-63)82-53/h10,25-55,61-78H,9,11-23H2,1-8H3/t25-,26+,27+,28+,29+,30+,31+,32-,33+,34-,35-,36+,37-,38+,39+,40-,41-,42-,43-,44+,45+,46+,47+,48+,49+,50+,51+,52-,53-,54-,55-,57-,58+,59+,60-/m0/s1. The first-order chi connectivity index (χ1) is 41.3. The molecule has 28 nitrogen and oxygen atoms in total. The van der Waals surface area contributed by atoms with E-state index in [1.807, 2.05) is 26.8 Å². The van der Waals surface area contributed by atoms with Gasteiger partial charge >= 0.3 is 0 Å². The summed E-state index contributed by atoms with van der Waals surface area (Å²) in [7, 11) is 0. The minimum Gasteiger partial charge on any atom is -0.394 e. The Balaban J connectivity index is 0.962. The van der Waals surface area contributed by atoms with E-state index in [1.54, 1.807) is 0 Å². The van der Waals surface area contributed by atoms with Gasteiger partial charge in [-0.2, -0.15) is 0 Å². The van der Waals surface area contributed by atoms with Crippen LogP contribution in [0.15, 0.2) is 11.6 Å². The molecule has 9 rings (SSSR count). The second-order valence-corrected chi connectivity index (χ2v) is 28.6. The number of ether oxygens (including phenoxy) is 10. The molecule has 18 N–H and O–H groups in total. The molecule has 5 heterocycles. The van der Waals surface area contributed by atoms with Gasteiger partial charge in [-0.05, 0) is 124 Å². The number of aliphatic hydroxyl groups excluding tert-OH is 18. The highest BCUT2D eigenvalue weighted by Crippen LogP contribution is 2.76. The molecule has 4 saturated carbocycles. The van der Waals surface area contributed by atoms with Crippen LogP contribution < -0.4 is 0 Å². The summed E-state index contributed by atoms with van der Waals surface area (Å²) >= 11 is 0. The van der Waals surface area contributed by atoms with Crippen molar-refractivity contribution in [3.8, 4) is 0 Å². The monoisotopic (exact) mass is 1270 g/mol. The van der Waals surface area contributed by atoms with Crippen LogP contribution in [0.5, 0.6) is 0 Å². The Morgan fingerprint density at radius 2 is 0.932 bits per heavy atom. The Hall–Kier alpha value is -1.38. The summed E-state index contributed by atoms with van der Waals surface area (Å²) in [5.41, 5.74) is -2.06. The third-order valence-corrected chi connectivity index (χ3v) is 23.0. The molecule has 0 aromatic heterocycles. The number of hydrogen-bond donors (Lipinski definition) is 18. The van der Waals surface area contributed by atoms with Crippen molar-refractivity contribution in [2.75, 3.05) is 33.0 Å². The summed E-state index contributed by atoms with van der Waals surface area (Å²) in [4.78, 5) is 0. The van der Waals surface area contributed by atoms with Gasteiger partial charge < -0.3 is 139 Å². The molecule has 510 valence electrons. The molecule has 88 heavy (non-hydrogen) atoms. The molecule has 0 aromatic rings. The first kappa shape index (κ1) is 70.9. The topological polar surface area (TPSA) is 456 Å². The highest BCUT2D eigenvalue weighted by atomic mass is 16.8. The molecule has 5 saturated heterocycles. The molecule has 9 fully saturated rings. The summed E-state index contributed by atoms with van der Waals surface area (Å²) < 4.78 is 61.4. The highest BCUT2D eigenvalue weighted by molar-refractivity contribution is 5.21. The van der Waals surface area contributed by atoms with Crippen LogP contribution in [-0.4, -0.2) is 296 Å². The van der Waals surface area contributed by atoms with Crippen LogP contribution in [0, 0.1) is 45.3 Å². The van der Waals surface area contributed by atoms with Crippen molar-refractivity contribution in [1.29, 1.82) is 0 Å². The largest absolute Gasteiger partial charge is 0.394 e. The maximum absolute atomic E-state index is 13.0. The van der Waals surface area contributed by atoms with Crippen molar-refractivity contribution >= 4 is 0 Å². The Labute approximate surface area is 512 Å². The predicted octanol–water partition coefficient (Wildman–Crippen LogP) is -4.38. The van der Waals surface area contributed by atoms with E-state index in [4.69, 9.17) is 47.4 Å². The summed E-state index contributed by atoms with van der Waals surface area (Å²) in [6.07, 6.45) is -36.4. The van der Waals surface area contributed by atoms with E-state index in [0.717, 1.165) is 18.4 Å². The molecule has 0 bridgehead atoms. The van der Waals surface area contributed by atoms with Crippen LogP contribution in [0.1, 0.15) is 113 Å². The molecule has 9 aliphatic rings. The number of rotatable bonds is 19. The van der Waals surface area contributed by atoms with E-state index in [9.17, 15) is 91.9 Å². The van der Waals surface area contributed by atoms with Gasteiger partial charge in [-0.25, -0.2) is 0 Å². The molecule has 0 unspecified atom stereocenters. The van der Waals surface area contributed by atoms with Gasteiger partial charge in [0.15, 0.2) is 31.5 Å². The van der Waals surface area contributed by atoms with Crippen LogP contribution >= 0.6 is 0 Å². The van der Waals surface area contributed by atoms with Gasteiger partial charge in [0.1, 0.15) is 122 Å². The number of hydrogen-bond acceptors (Lipinski definition) is 28. The second kappa shape index (κ2) is 27.4. The van der Waals surface area contributed by atoms with Gasteiger partial charge in [0.2, 0.25) is 0 Å². The average molecular weight is 1270 g/mol. The molecule has 35 atom stereocenters. The number of allylic oxidation sites excluding steroid dienone is 2. The van der Waals surface area contributed by atoms with Gasteiger partial charge in [0.05, 0.1) is 50.8 Å². The van der Waals surface area contributed by atoms with Crippen LogP contribution in [0.4, 0.5) is 0 Å². The molecule has 0 amide bonds. The molecule has 0 radical (unpaired) electrons. The van der Waals surface area contributed by atoms with Crippen molar-refractivity contribution in [3.63, 3.8) is 0 Å². The maximum atomic E-state index is 13.0. The predicted molar refractivity (Wildman–Crippen MR) is 299 cm³/mol. The Bertz CT molecular complexity index is 2320. The van der Waals surface area contributed by atoms with Crippen molar-refractivity contribution in [3.05, 3.63) is 11.6 Å². The second-order valence-electron chi connectivity index (χ2n) is 28.6. The van der Waals surface area contributed by atoms with Crippen molar-refractivity contribution < 1.29 is 139 Å². The quantitative estimate of drug-likeness (QED) is 0.0429. The van der Waals surface area contributed by atoms with Crippen molar-refractivity contribution in [1.82, 2.24) is 0 Å². The SMILES string of the molecule is CC(C)=CCC[C@](C)(O[C@@H]1O[C@H](CO[C@@H]2O[C@H](CO)[C@@H](O)[C@H](O)[C@H]2O)[C@@H](O[C@@H]2O[C@H](CO)[C@H](O)[C@H](O)[C@H]2O)[C@H](O)[C@H]1O)[C@H]1CC[C@]2(C)[C@@H]1[C@H](O)C[C@@H]1[C@@]3(C)CC[C@H](O[C@@H]4O[C@H](CO)[C@@H](O)[C@H](O)[C@H]4O[C@@H]4O[C@H](CO)[C@@H](O)[C@H](O)[C@H]4O)C(C)(C)[C@@H]3CC[C@]12C. The van der Waals surface area contributed by atoms with E-state index in [0.29, 0.717) is 44.9 Å². The summed E-state index contributed by atoms with van der Waals surface area (Å²) in [5, 5.41) is 196. The average Bonchev–Trinajstić information content (AvgIpc) is 1.25. The van der Waals surface area contributed by atoms with Gasteiger partial charge in [-0.1, -0.05) is 46.3 Å². The molecule has 4 aliphatic carbocycles. The van der Waals surface area contributed by atoms with E-state index in [1.165, 1.54) is 0 Å². The fraction of sp³-hybridized carbons (Fsp3) is 0.967. The van der Waals surface area contributed by atoms with E-state index in [-0.39, 0.29) is 34.5 Å². The third kappa shape index (κ3) is 12.6. The zero-order chi connectivity index (χ0) is 64.7. The Morgan fingerprint density at radius 1 is 0.477 bits per heavy atom. The smallest absolute Gasteiger partial charge is 0.187 e. The summed E-state index contributed by atoms with van der Waals surface area (Å²) in [6.45, 7) is 13.2. The zero-order valence-electron chi connectivity index (χ0n) is 51.5. The van der Waals surface area contributed by atoms with E-state index in [2.05, 4.69) is 34.6 Å². The molecular formula is C60H102O28.